The van der Waals surface area contributed by atoms with Crippen molar-refractivity contribution >= 4 is 16.7 Å². The van der Waals surface area contributed by atoms with Gasteiger partial charge in [0.15, 0.2) is 0 Å². The lowest BCUT2D eigenvalue weighted by atomic mass is 9.91. The van der Waals surface area contributed by atoms with Crippen LogP contribution in [0, 0.1) is 6.92 Å². The third-order valence-electron chi connectivity index (χ3n) is 6.52. The van der Waals surface area contributed by atoms with E-state index in [9.17, 15) is 9.90 Å². The number of hydrogen-bond donors (Lipinski definition) is 1. The number of carbonyl (C=O) groups is 1. The van der Waals surface area contributed by atoms with Crippen molar-refractivity contribution in [1.29, 1.82) is 0 Å². The van der Waals surface area contributed by atoms with Gasteiger partial charge in [0.1, 0.15) is 0 Å². The zero-order valence-corrected chi connectivity index (χ0v) is 16.8. The summed E-state index contributed by atoms with van der Waals surface area (Å²) in [6.45, 7) is 2.59. The maximum Gasteiger partial charge on any atom is 0.254 e. The highest BCUT2D eigenvalue weighted by Gasteiger charge is 2.38. The van der Waals surface area contributed by atoms with Gasteiger partial charge in [-0.05, 0) is 65.8 Å². The van der Waals surface area contributed by atoms with Crippen molar-refractivity contribution in [1.82, 2.24) is 9.88 Å². The summed E-state index contributed by atoms with van der Waals surface area (Å²) < 4.78 is 0. The summed E-state index contributed by atoms with van der Waals surface area (Å²) in [7, 11) is 0. The van der Waals surface area contributed by atoms with Crippen molar-refractivity contribution in [3.63, 3.8) is 0 Å². The van der Waals surface area contributed by atoms with E-state index in [0.29, 0.717) is 6.54 Å². The van der Waals surface area contributed by atoms with Gasteiger partial charge >= 0.3 is 0 Å². The van der Waals surface area contributed by atoms with Gasteiger partial charge in [-0.2, -0.15) is 0 Å². The van der Waals surface area contributed by atoms with E-state index >= 15 is 0 Å². The number of aromatic nitrogens is 1. The van der Waals surface area contributed by atoms with Crippen LogP contribution in [-0.4, -0.2) is 33.0 Å². The third kappa shape index (κ3) is 3.22. The average molecular weight is 386 g/mol. The molecule has 0 saturated heterocycles. The highest BCUT2D eigenvalue weighted by Crippen LogP contribution is 2.37. The molecule has 0 bridgehead atoms. The zero-order valence-electron chi connectivity index (χ0n) is 16.8. The molecule has 2 aliphatic rings. The molecule has 1 fully saturated rings. The number of hydrogen-bond acceptors (Lipinski definition) is 3. The standard InChI is InChI=1S/C25H26N2O2/c1-16-10-11-17(14-26-16)12-18-13-21-22(20-7-3-2-6-19(18)20)15-27(25(21)29)23-8-4-5-9-24(23)28/h2-3,6-7,10-11,13-14,23-24,28H,4-5,8-9,12,15H2,1H3/t23?,24-/m0/s1. The molecule has 1 aliphatic heterocycles. The van der Waals surface area contributed by atoms with Crippen LogP contribution >= 0.6 is 0 Å². The summed E-state index contributed by atoms with van der Waals surface area (Å²) in [6, 6.07) is 14.5. The van der Waals surface area contributed by atoms with Gasteiger partial charge in [0.25, 0.3) is 5.91 Å². The highest BCUT2D eigenvalue weighted by atomic mass is 16.3. The minimum atomic E-state index is -0.411. The summed E-state index contributed by atoms with van der Waals surface area (Å²) in [6.07, 6.45) is 6.06. The number of pyridine rings is 1. The normalized spacial score (nSPS) is 21.6. The Kier molecular flexibility index (Phi) is 4.59. The second kappa shape index (κ2) is 7.27. The van der Waals surface area contributed by atoms with Gasteiger partial charge < -0.3 is 10.0 Å². The number of amides is 1. The molecular weight excluding hydrogens is 360 g/mol. The van der Waals surface area contributed by atoms with Crippen molar-refractivity contribution in [3.05, 3.63) is 76.6 Å². The number of aryl methyl sites for hydroxylation is 1. The molecule has 0 radical (unpaired) electrons. The smallest absolute Gasteiger partial charge is 0.254 e. The van der Waals surface area contributed by atoms with Gasteiger partial charge in [0.05, 0.1) is 12.1 Å². The second-order valence-electron chi connectivity index (χ2n) is 8.44. The van der Waals surface area contributed by atoms with Gasteiger partial charge in [0.2, 0.25) is 0 Å². The molecule has 2 atom stereocenters. The number of fused-ring (bicyclic) bond motifs is 3. The molecule has 5 rings (SSSR count). The van der Waals surface area contributed by atoms with Gasteiger partial charge in [0, 0.05) is 24.0 Å². The Bertz CT molecular complexity index is 1070. The van der Waals surface area contributed by atoms with E-state index in [1.807, 2.05) is 30.2 Å². The molecule has 1 aliphatic carbocycles. The van der Waals surface area contributed by atoms with E-state index in [1.165, 1.54) is 5.39 Å². The Labute approximate surface area is 171 Å². The first-order valence-electron chi connectivity index (χ1n) is 10.6. The number of benzene rings is 2. The number of rotatable bonds is 3. The highest BCUT2D eigenvalue weighted by molar-refractivity contribution is 6.05. The maximum atomic E-state index is 13.3. The molecule has 1 N–H and O–H groups in total. The lowest BCUT2D eigenvalue weighted by Gasteiger charge is -2.35. The fraction of sp³-hybridized carbons (Fsp3) is 0.360. The van der Waals surface area contributed by atoms with E-state index in [0.717, 1.165) is 65.4 Å². The molecule has 1 saturated carbocycles. The molecule has 4 heteroatoms. The molecule has 3 aromatic rings. The number of aliphatic hydroxyl groups is 1. The fourth-order valence-electron chi connectivity index (χ4n) is 4.96. The van der Waals surface area contributed by atoms with Gasteiger partial charge in [-0.3, -0.25) is 9.78 Å². The Hall–Kier alpha value is -2.72. The quantitative estimate of drug-likeness (QED) is 0.726. The van der Waals surface area contributed by atoms with Crippen LogP contribution in [0.2, 0.25) is 0 Å². The lowest BCUT2D eigenvalue weighted by Crippen LogP contribution is -2.45. The fourth-order valence-corrected chi connectivity index (χ4v) is 4.96. The lowest BCUT2D eigenvalue weighted by molar-refractivity contribution is 0.0192. The molecular formula is C25H26N2O2. The molecule has 0 spiro atoms. The van der Waals surface area contributed by atoms with Crippen LogP contribution in [0.5, 0.6) is 0 Å². The van der Waals surface area contributed by atoms with Crippen molar-refractivity contribution < 1.29 is 9.90 Å². The Balaban J connectivity index is 1.56. The molecule has 1 aromatic heterocycles. The van der Waals surface area contributed by atoms with Crippen LogP contribution in [0.1, 0.15) is 58.4 Å². The average Bonchev–Trinajstić information content (AvgIpc) is 3.07. The first-order chi connectivity index (χ1) is 14.1. The Morgan fingerprint density at radius 1 is 1.10 bits per heavy atom. The Morgan fingerprint density at radius 2 is 1.90 bits per heavy atom. The molecule has 148 valence electrons. The predicted octanol–water partition coefficient (Wildman–Crippen LogP) is 4.39. The Morgan fingerprint density at radius 3 is 2.66 bits per heavy atom. The molecule has 2 heterocycles. The third-order valence-corrected chi connectivity index (χ3v) is 6.52. The SMILES string of the molecule is Cc1ccc(Cc2cc3c(c4ccccc24)CN(C2CCCC[C@@H]2O)C3=O)cn1. The topological polar surface area (TPSA) is 53.4 Å². The minimum absolute atomic E-state index is 0.0628. The summed E-state index contributed by atoms with van der Waals surface area (Å²) in [5.41, 5.74) is 5.21. The van der Waals surface area contributed by atoms with Crippen molar-refractivity contribution in [2.75, 3.05) is 0 Å². The summed E-state index contributed by atoms with van der Waals surface area (Å²) in [5, 5.41) is 12.9. The van der Waals surface area contributed by atoms with Gasteiger partial charge in [-0.15, -0.1) is 0 Å². The van der Waals surface area contributed by atoms with Gasteiger partial charge in [-0.25, -0.2) is 0 Å². The van der Waals surface area contributed by atoms with Crippen LogP contribution in [0.4, 0.5) is 0 Å². The number of carbonyl (C=O) groups excluding carboxylic acids is 1. The molecule has 2 aromatic carbocycles. The van der Waals surface area contributed by atoms with Crippen LogP contribution < -0.4 is 0 Å². The van der Waals surface area contributed by atoms with E-state index < -0.39 is 6.10 Å². The van der Waals surface area contributed by atoms with E-state index in [-0.39, 0.29) is 11.9 Å². The number of nitrogens with zero attached hydrogens (tertiary/aromatic N) is 2. The summed E-state index contributed by atoms with van der Waals surface area (Å²) in [5.74, 6) is 0.0694. The van der Waals surface area contributed by atoms with E-state index in [4.69, 9.17) is 0 Å². The van der Waals surface area contributed by atoms with Crippen molar-refractivity contribution in [2.24, 2.45) is 0 Å². The summed E-state index contributed by atoms with van der Waals surface area (Å²) in [4.78, 5) is 19.7. The van der Waals surface area contributed by atoms with E-state index in [2.05, 4.69) is 35.3 Å². The second-order valence-corrected chi connectivity index (χ2v) is 8.44. The molecule has 29 heavy (non-hydrogen) atoms. The minimum Gasteiger partial charge on any atom is -0.391 e. The van der Waals surface area contributed by atoms with Crippen LogP contribution in [0.25, 0.3) is 10.8 Å². The van der Waals surface area contributed by atoms with Crippen LogP contribution in [-0.2, 0) is 13.0 Å². The summed E-state index contributed by atoms with van der Waals surface area (Å²) >= 11 is 0. The van der Waals surface area contributed by atoms with Crippen LogP contribution in [0.3, 0.4) is 0 Å². The van der Waals surface area contributed by atoms with Crippen molar-refractivity contribution in [3.8, 4) is 0 Å². The molecule has 4 nitrogen and oxygen atoms in total. The van der Waals surface area contributed by atoms with E-state index in [1.54, 1.807) is 0 Å². The van der Waals surface area contributed by atoms with Crippen LogP contribution in [0.15, 0.2) is 48.7 Å². The number of aliphatic hydroxyl groups excluding tert-OH is 1. The first kappa shape index (κ1) is 18.3. The predicted molar refractivity (Wildman–Crippen MR) is 114 cm³/mol. The molecule has 1 amide bonds. The molecule has 1 unspecified atom stereocenters. The maximum absolute atomic E-state index is 13.3. The van der Waals surface area contributed by atoms with Gasteiger partial charge in [-0.1, -0.05) is 43.2 Å². The largest absolute Gasteiger partial charge is 0.391 e. The van der Waals surface area contributed by atoms with Crippen molar-refractivity contribution in [2.45, 2.75) is 57.7 Å². The zero-order chi connectivity index (χ0) is 20.0. The monoisotopic (exact) mass is 386 g/mol. The first-order valence-corrected chi connectivity index (χ1v) is 10.6.